The van der Waals surface area contributed by atoms with Gasteiger partial charge in [-0.15, -0.1) is 0 Å². The standard InChI is InChI=1S/C26H44O6/c1-2-3-4-5-9-12-15-20-16-13-10-7-6-8-11-14-17-29-25(27)21-18-23-24(30-23)19-22(21)26(28)32-31-20/h20-24H,2-19H2,1H3. The lowest BCUT2D eigenvalue weighted by Gasteiger charge is -2.26. The fourth-order valence-electron chi connectivity index (χ4n) is 5.15. The van der Waals surface area contributed by atoms with Gasteiger partial charge >= 0.3 is 11.9 Å². The lowest BCUT2D eigenvalue weighted by Crippen LogP contribution is -2.38. The van der Waals surface area contributed by atoms with Crippen LogP contribution >= 0.6 is 0 Å². The Morgan fingerprint density at radius 1 is 0.750 bits per heavy atom. The summed E-state index contributed by atoms with van der Waals surface area (Å²) in [6.07, 6.45) is 18.3. The second-order valence-electron chi connectivity index (χ2n) is 10.0. The van der Waals surface area contributed by atoms with Crippen molar-refractivity contribution in [2.45, 2.75) is 134 Å². The van der Waals surface area contributed by atoms with Gasteiger partial charge in [-0.25, -0.2) is 4.79 Å². The molecule has 1 saturated carbocycles. The molecular weight excluding hydrogens is 408 g/mol. The molecule has 3 aliphatic rings. The van der Waals surface area contributed by atoms with Crippen LogP contribution in [0.25, 0.3) is 0 Å². The molecule has 0 aromatic carbocycles. The number of ether oxygens (including phenoxy) is 2. The van der Waals surface area contributed by atoms with Crippen molar-refractivity contribution in [1.82, 2.24) is 0 Å². The molecule has 6 nitrogen and oxygen atoms in total. The molecule has 6 heteroatoms. The van der Waals surface area contributed by atoms with E-state index in [2.05, 4.69) is 6.92 Å². The van der Waals surface area contributed by atoms with Crippen LogP contribution in [0.4, 0.5) is 0 Å². The summed E-state index contributed by atoms with van der Waals surface area (Å²) in [6.45, 7) is 2.66. The lowest BCUT2D eigenvalue weighted by atomic mass is 9.79. The molecule has 184 valence electrons. The first-order valence-corrected chi connectivity index (χ1v) is 13.4. The van der Waals surface area contributed by atoms with Crippen molar-refractivity contribution < 1.29 is 28.8 Å². The molecule has 2 aliphatic heterocycles. The number of carbonyl (C=O) groups excluding carboxylic acids is 2. The van der Waals surface area contributed by atoms with Gasteiger partial charge in [0.15, 0.2) is 0 Å². The molecule has 0 amide bonds. The summed E-state index contributed by atoms with van der Waals surface area (Å²) in [4.78, 5) is 36.6. The summed E-state index contributed by atoms with van der Waals surface area (Å²) in [6, 6.07) is 0. The van der Waals surface area contributed by atoms with Crippen LogP contribution < -0.4 is 0 Å². The first-order valence-electron chi connectivity index (χ1n) is 13.4. The van der Waals surface area contributed by atoms with Crippen LogP contribution in [0.1, 0.15) is 116 Å². The average Bonchev–Trinajstić information content (AvgIpc) is 3.57. The van der Waals surface area contributed by atoms with Crippen molar-refractivity contribution in [1.29, 1.82) is 0 Å². The molecule has 0 N–H and O–H groups in total. The minimum absolute atomic E-state index is 0.0558. The molecular formula is C26H44O6. The van der Waals surface area contributed by atoms with Crippen LogP contribution in [0.2, 0.25) is 0 Å². The molecule has 2 saturated heterocycles. The molecule has 3 rings (SSSR count). The van der Waals surface area contributed by atoms with Crippen molar-refractivity contribution in [3.05, 3.63) is 0 Å². The molecule has 1 aliphatic carbocycles. The summed E-state index contributed by atoms with van der Waals surface area (Å²) >= 11 is 0. The van der Waals surface area contributed by atoms with Crippen molar-refractivity contribution in [2.75, 3.05) is 6.61 Å². The highest BCUT2D eigenvalue weighted by Crippen LogP contribution is 2.44. The number of esters is 1. The summed E-state index contributed by atoms with van der Waals surface area (Å²) in [7, 11) is 0. The maximum Gasteiger partial charge on any atom is 0.346 e. The first kappa shape index (κ1) is 25.5. The number of carbonyl (C=O) groups is 2. The number of hydrogen-bond acceptors (Lipinski definition) is 6. The van der Waals surface area contributed by atoms with Gasteiger partial charge in [-0.05, 0) is 32.1 Å². The number of epoxide rings is 1. The summed E-state index contributed by atoms with van der Waals surface area (Å²) in [5.74, 6) is -1.73. The van der Waals surface area contributed by atoms with Gasteiger partial charge in [-0.3, -0.25) is 9.68 Å². The molecule has 5 atom stereocenters. The quantitative estimate of drug-likeness (QED) is 0.202. The third-order valence-corrected chi connectivity index (χ3v) is 7.31. The molecule has 0 bridgehead atoms. The average molecular weight is 453 g/mol. The molecule has 0 spiro atoms. The van der Waals surface area contributed by atoms with Gasteiger partial charge in [0.25, 0.3) is 0 Å². The smallest absolute Gasteiger partial charge is 0.346 e. The number of cyclic esters (lactones) is 1. The zero-order valence-corrected chi connectivity index (χ0v) is 20.1. The predicted molar refractivity (Wildman–Crippen MR) is 122 cm³/mol. The van der Waals surface area contributed by atoms with Crippen molar-refractivity contribution in [3.8, 4) is 0 Å². The van der Waals surface area contributed by atoms with Gasteiger partial charge in [0.1, 0.15) is 6.10 Å². The van der Waals surface area contributed by atoms with Gasteiger partial charge < -0.3 is 9.47 Å². The zero-order valence-electron chi connectivity index (χ0n) is 20.1. The van der Waals surface area contributed by atoms with Crippen LogP contribution in [0, 0.1) is 11.8 Å². The topological polar surface area (TPSA) is 74.4 Å². The second kappa shape index (κ2) is 14.2. The SMILES string of the molecule is CCCCCCCCC1CCCCCCCCCOC(=O)C2CC3OC3CC2C(=O)OO1. The highest BCUT2D eigenvalue weighted by Gasteiger charge is 2.54. The van der Waals surface area contributed by atoms with E-state index in [-0.39, 0.29) is 24.3 Å². The van der Waals surface area contributed by atoms with Crippen LogP contribution in [-0.2, 0) is 28.8 Å². The molecule has 32 heavy (non-hydrogen) atoms. The number of rotatable bonds is 7. The van der Waals surface area contributed by atoms with E-state index in [1.165, 1.54) is 57.8 Å². The fraction of sp³-hybridized carbons (Fsp3) is 0.923. The second-order valence-corrected chi connectivity index (χ2v) is 10.0. The Morgan fingerprint density at radius 2 is 1.38 bits per heavy atom. The van der Waals surface area contributed by atoms with E-state index in [1.54, 1.807) is 0 Å². The zero-order chi connectivity index (χ0) is 22.6. The summed E-state index contributed by atoms with van der Waals surface area (Å²) < 4.78 is 11.1. The molecule has 2 heterocycles. The third kappa shape index (κ3) is 8.66. The van der Waals surface area contributed by atoms with Gasteiger partial charge in [0, 0.05) is 0 Å². The maximum absolute atomic E-state index is 12.9. The highest BCUT2D eigenvalue weighted by atomic mass is 17.2. The van der Waals surface area contributed by atoms with Gasteiger partial charge in [-0.2, -0.15) is 4.89 Å². The minimum atomic E-state index is -0.531. The van der Waals surface area contributed by atoms with Crippen molar-refractivity contribution >= 4 is 11.9 Å². The van der Waals surface area contributed by atoms with Crippen LogP contribution in [0.15, 0.2) is 0 Å². The molecule has 0 aromatic rings. The maximum atomic E-state index is 12.9. The largest absolute Gasteiger partial charge is 0.465 e. The monoisotopic (exact) mass is 452 g/mol. The number of fused-ring (bicyclic) bond motifs is 2. The Balaban J connectivity index is 1.53. The van der Waals surface area contributed by atoms with Crippen molar-refractivity contribution in [3.63, 3.8) is 0 Å². The van der Waals surface area contributed by atoms with E-state index in [0.717, 1.165) is 38.5 Å². The summed E-state index contributed by atoms with van der Waals surface area (Å²) in [5, 5.41) is 0. The number of unbranched alkanes of at least 4 members (excludes halogenated alkanes) is 5. The number of hydrogen-bond donors (Lipinski definition) is 0. The van der Waals surface area contributed by atoms with Gasteiger partial charge in [0.05, 0.1) is 30.7 Å². The fourth-order valence-corrected chi connectivity index (χ4v) is 5.15. The molecule has 5 unspecified atom stereocenters. The third-order valence-electron chi connectivity index (χ3n) is 7.31. The Bertz CT molecular complexity index is 565. The van der Waals surface area contributed by atoms with Crippen LogP contribution in [0.3, 0.4) is 0 Å². The molecule has 3 fully saturated rings. The minimum Gasteiger partial charge on any atom is -0.465 e. The Kier molecular flexibility index (Phi) is 11.3. The van der Waals surface area contributed by atoms with E-state index in [4.69, 9.17) is 19.2 Å². The first-order chi connectivity index (χ1) is 15.7. The van der Waals surface area contributed by atoms with Gasteiger partial charge in [0.2, 0.25) is 0 Å². The van der Waals surface area contributed by atoms with E-state index >= 15 is 0 Å². The Labute approximate surface area is 194 Å². The van der Waals surface area contributed by atoms with Crippen LogP contribution in [0.5, 0.6) is 0 Å². The van der Waals surface area contributed by atoms with E-state index < -0.39 is 17.8 Å². The van der Waals surface area contributed by atoms with E-state index in [1.807, 2.05) is 0 Å². The van der Waals surface area contributed by atoms with Crippen LogP contribution in [-0.4, -0.2) is 36.9 Å². The highest BCUT2D eigenvalue weighted by molar-refractivity contribution is 5.82. The normalized spacial score (nSPS) is 32.7. The molecule has 0 radical (unpaired) electrons. The Hall–Kier alpha value is -1.14. The van der Waals surface area contributed by atoms with Gasteiger partial charge in [-0.1, -0.05) is 84.0 Å². The van der Waals surface area contributed by atoms with E-state index in [9.17, 15) is 9.59 Å². The molecule has 0 aromatic heterocycles. The Morgan fingerprint density at radius 3 is 2.12 bits per heavy atom. The summed E-state index contributed by atoms with van der Waals surface area (Å²) in [5.41, 5.74) is 0. The van der Waals surface area contributed by atoms with E-state index in [0.29, 0.717) is 19.4 Å². The lowest BCUT2D eigenvalue weighted by molar-refractivity contribution is -0.304. The van der Waals surface area contributed by atoms with Crippen molar-refractivity contribution in [2.24, 2.45) is 11.8 Å². The predicted octanol–water partition coefficient (Wildman–Crippen LogP) is 6.05.